The van der Waals surface area contributed by atoms with Crippen molar-refractivity contribution in [3.8, 4) is 11.8 Å². The van der Waals surface area contributed by atoms with E-state index in [4.69, 9.17) is 22.1 Å². The molecule has 3 aromatic carbocycles. The summed E-state index contributed by atoms with van der Waals surface area (Å²) in [7, 11) is 0. The second-order valence-corrected chi connectivity index (χ2v) is 7.15. The van der Waals surface area contributed by atoms with Crippen LogP contribution in [0, 0.1) is 21.4 Å². The fourth-order valence-corrected chi connectivity index (χ4v) is 3.71. The van der Waals surface area contributed by atoms with Gasteiger partial charge in [-0.05, 0) is 23.8 Å². The monoisotopic (exact) mass is 430 g/mol. The Morgan fingerprint density at radius 3 is 2.61 bits per heavy atom. The van der Waals surface area contributed by atoms with Crippen molar-refractivity contribution in [2.24, 2.45) is 10.7 Å². The van der Waals surface area contributed by atoms with Gasteiger partial charge in [0.05, 0.1) is 22.1 Å². The molecule has 3 aromatic rings. The van der Waals surface area contributed by atoms with E-state index in [1.165, 1.54) is 12.3 Å². The molecule has 0 bridgehead atoms. The number of halogens is 1. The van der Waals surface area contributed by atoms with Crippen molar-refractivity contribution in [2.45, 2.75) is 5.92 Å². The first kappa shape index (κ1) is 20.1. The predicted octanol–water partition coefficient (Wildman–Crippen LogP) is 5.22. The van der Waals surface area contributed by atoms with Gasteiger partial charge in [0.15, 0.2) is 0 Å². The molecule has 0 aliphatic carbocycles. The quantitative estimate of drug-likeness (QED) is 0.346. The van der Waals surface area contributed by atoms with Crippen molar-refractivity contribution >= 4 is 29.2 Å². The molecule has 1 aliphatic heterocycles. The van der Waals surface area contributed by atoms with E-state index in [2.05, 4.69) is 11.1 Å². The van der Waals surface area contributed by atoms with E-state index in [1.54, 1.807) is 42.5 Å². The third-order valence-electron chi connectivity index (χ3n) is 4.91. The molecular formula is C23H15ClN4O3. The molecule has 0 unspecified atom stereocenters. The molecule has 1 atom stereocenters. The second kappa shape index (κ2) is 8.30. The second-order valence-electron chi connectivity index (χ2n) is 6.74. The summed E-state index contributed by atoms with van der Waals surface area (Å²) < 4.78 is 5.69. The summed E-state index contributed by atoms with van der Waals surface area (Å²) in [5.41, 5.74) is 8.63. The fourth-order valence-electron chi connectivity index (χ4n) is 3.46. The van der Waals surface area contributed by atoms with Crippen LogP contribution in [0.15, 0.2) is 83.2 Å². The zero-order valence-corrected chi connectivity index (χ0v) is 16.8. The van der Waals surface area contributed by atoms with Crippen LogP contribution in [0.25, 0.3) is 0 Å². The maximum absolute atomic E-state index is 11.2. The molecule has 7 nitrogen and oxygen atoms in total. The first-order valence-electron chi connectivity index (χ1n) is 9.23. The molecule has 152 valence electrons. The molecule has 31 heavy (non-hydrogen) atoms. The minimum atomic E-state index is -0.476. The van der Waals surface area contributed by atoms with Gasteiger partial charge in [-0.2, -0.15) is 5.26 Å². The minimum Gasteiger partial charge on any atom is -0.440 e. The number of nitrogens with two attached hydrogens (primary N) is 1. The van der Waals surface area contributed by atoms with Crippen LogP contribution >= 0.6 is 11.6 Å². The number of para-hydroxylation sites is 1. The van der Waals surface area contributed by atoms with Crippen molar-refractivity contribution in [1.82, 2.24) is 0 Å². The molecule has 1 heterocycles. The zero-order valence-electron chi connectivity index (χ0n) is 16.0. The van der Waals surface area contributed by atoms with Crippen LogP contribution in [0.1, 0.15) is 22.6 Å². The van der Waals surface area contributed by atoms with Gasteiger partial charge in [-0.25, -0.2) is 0 Å². The van der Waals surface area contributed by atoms with Gasteiger partial charge in [0.25, 0.3) is 5.69 Å². The van der Waals surface area contributed by atoms with Gasteiger partial charge in [-0.15, -0.1) is 0 Å². The normalized spacial score (nSPS) is 15.3. The lowest BCUT2D eigenvalue weighted by Crippen LogP contribution is -2.21. The summed E-state index contributed by atoms with van der Waals surface area (Å²) in [6, 6.07) is 20.9. The maximum Gasteiger partial charge on any atom is 0.278 e. The lowest BCUT2D eigenvalue weighted by Gasteiger charge is -2.27. The Kier molecular flexibility index (Phi) is 5.39. The van der Waals surface area contributed by atoms with E-state index < -0.39 is 10.8 Å². The average Bonchev–Trinajstić information content (AvgIpc) is 2.77. The van der Waals surface area contributed by atoms with Gasteiger partial charge in [0.2, 0.25) is 5.88 Å². The van der Waals surface area contributed by atoms with Crippen LogP contribution < -0.4 is 10.5 Å². The van der Waals surface area contributed by atoms with E-state index in [1.807, 2.05) is 18.2 Å². The third kappa shape index (κ3) is 3.84. The van der Waals surface area contributed by atoms with Crippen molar-refractivity contribution in [3.63, 3.8) is 0 Å². The van der Waals surface area contributed by atoms with Crippen molar-refractivity contribution in [3.05, 3.63) is 110 Å². The number of rotatable bonds is 4. The van der Waals surface area contributed by atoms with Crippen molar-refractivity contribution in [1.29, 1.82) is 5.26 Å². The molecular weight excluding hydrogens is 416 g/mol. The van der Waals surface area contributed by atoms with Crippen LogP contribution in [0.4, 0.5) is 11.4 Å². The molecule has 0 aromatic heterocycles. The number of nitrogens with zero attached hydrogens (tertiary/aromatic N) is 3. The van der Waals surface area contributed by atoms with Gasteiger partial charge >= 0.3 is 0 Å². The van der Waals surface area contributed by atoms with E-state index in [9.17, 15) is 15.4 Å². The summed E-state index contributed by atoms with van der Waals surface area (Å²) in [6.45, 7) is 0. The van der Waals surface area contributed by atoms with Gasteiger partial charge in [0, 0.05) is 28.9 Å². The topological polar surface area (TPSA) is 115 Å². The fraction of sp³-hybridized carbons (Fsp3) is 0.0435. The average molecular weight is 431 g/mol. The number of benzene rings is 3. The Morgan fingerprint density at radius 1 is 1.13 bits per heavy atom. The molecule has 1 aliphatic rings. The van der Waals surface area contributed by atoms with Crippen molar-refractivity contribution in [2.75, 3.05) is 0 Å². The third-order valence-corrected chi connectivity index (χ3v) is 5.25. The van der Waals surface area contributed by atoms with E-state index in [0.29, 0.717) is 22.0 Å². The van der Waals surface area contributed by atoms with Gasteiger partial charge < -0.3 is 10.5 Å². The number of hydrogen-bond donors (Lipinski definition) is 1. The molecule has 0 saturated carbocycles. The molecule has 2 N–H and O–H groups in total. The van der Waals surface area contributed by atoms with Crippen molar-refractivity contribution < 1.29 is 9.66 Å². The van der Waals surface area contributed by atoms with Gasteiger partial charge in [-0.1, -0.05) is 48.0 Å². The molecule has 4 rings (SSSR count). The lowest BCUT2D eigenvalue weighted by molar-refractivity contribution is -0.385. The van der Waals surface area contributed by atoms with E-state index in [-0.39, 0.29) is 17.1 Å². The Morgan fingerprint density at radius 2 is 1.87 bits per heavy atom. The van der Waals surface area contributed by atoms with Crippen LogP contribution in [-0.4, -0.2) is 11.1 Å². The van der Waals surface area contributed by atoms with Gasteiger partial charge in [0.1, 0.15) is 17.4 Å². The Hall–Kier alpha value is -4.15. The first-order chi connectivity index (χ1) is 15.0. The number of ether oxygens (including phenoxy) is 1. The number of nitro benzene ring substituents is 1. The van der Waals surface area contributed by atoms with Crippen LogP contribution in [-0.2, 0) is 0 Å². The standard InChI is InChI=1S/C23H15ClN4O3/c24-19-7-3-2-6-16(19)22-17-10-9-15(11-21(17)31-23(26)18(22)12-25)27-13-14-5-1-4-8-20(14)28(29)30/h1-11,13,22H,26H2/t22-/m1/s1. The van der Waals surface area contributed by atoms with Gasteiger partial charge in [-0.3, -0.25) is 15.1 Å². The highest BCUT2D eigenvalue weighted by Gasteiger charge is 2.31. The molecule has 0 fully saturated rings. The molecule has 8 heteroatoms. The summed E-state index contributed by atoms with van der Waals surface area (Å²) in [6.07, 6.45) is 1.42. The molecule has 0 saturated heterocycles. The predicted molar refractivity (Wildman–Crippen MR) is 118 cm³/mol. The number of nitro groups is 1. The first-order valence-corrected chi connectivity index (χ1v) is 9.61. The SMILES string of the molecule is N#CC1=C(N)Oc2cc(N=Cc3ccccc3[N+](=O)[O-])ccc2[C@H]1c1ccccc1Cl. The lowest BCUT2D eigenvalue weighted by atomic mass is 9.83. The number of fused-ring (bicyclic) bond motifs is 1. The minimum absolute atomic E-state index is 0.000235. The number of allylic oxidation sites excluding steroid dienone is 1. The molecule has 0 amide bonds. The Bertz CT molecular complexity index is 1290. The Labute approximate surface area is 182 Å². The maximum atomic E-state index is 11.2. The number of aliphatic imine (C=N–C) groups is 1. The largest absolute Gasteiger partial charge is 0.440 e. The number of nitriles is 1. The number of hydrogen-bond acceptors (Lipinski definition) is 6. The highest BCUT2D eigenvalue weighted by atomic mass is 35.5. The molecule has 0 spiro atoms. The van der Waals surface area contributed by atoms with E-state index in [0.717, 1.165) is 11.1 Å². The highest BCUT2D eigenvalue weighted by Crippen LogP contribution is 2.45. The van der Waals surface area contributed by atoms with Crippen LogP contribution in [0.3, 0.4) is 0 Å². The summed E-state index contributed by atoms with van der Waals surface area (Å²) in [4.78, 5) is 15.1. The van der Waals surface area contributed by atoms with E-state index >= 15 is 0 Å². The summed E-state index contributed by atoms with van der Waals surface area (Å²) >= 11 is 6.39. The highest BCUT2D eigenvalue weighted by molar-refractivity contribution is 6.31. The zero-order chi connectivity index (χ0) is 22.0. The smallest absolute Gasteiger partial charge is 0.278 e. The Balaban J connectivity index is 1.75. The molecule has 0 radical (unpaired) electrons. The van der Waals surface area contributed by atoms with Crippen LogP contribution in [0.2, 0.25) is 5.02 Å². The summed E-state index contributed by atoms with van der Waals surface area (Å²) in [5, 5.41) is 21.4. The van der Waals surface area contributed by atoms with Crippen LogP contribution in [0.5, 0.6) is 5.75 Å². The summed E-state index contributed by atoms with van der Waals surface area (Å²) in [5.74, 6) is -0.0333.